The Bertz CT molecular complexity index is 860. The highest BCUT2D eigenvalue weighted by Crippen LogP contribution is 2.10. The van der Waals surface area contributed by atoms with Crippen molar-refractivity contribution in [1.29, 1.82) is 5.26 Å². The lowest BCUT2D eigenvalue weighted by atomic mass is 10.1. The van der Waals surface area contributed by atoms with E-state index < -0.39 is 18.0 Å². The summed E-state index contributed by atoms with van der Waals surface area (Å²) in [6.07, 6.45) is 1.10. The monoisotopic (exact) mass is 394 g/mol. The normalized spacial score (nSPS) is 11.3. The highest BCUT2D eigenvalue weighted by molar-refractivity contribution is 5.87. The first-order valence-electron chi connectivity index (χ1n) is 9.02. The number of carbonyl (C=O) groups is 2. The molecule has 0 spiro atoms. The summed E-state index contributed by atoms with van der Waals surface area (Å²) >= 11 is 0. The van der Waals surface area contributed by atoms with Crippen LogP contribution < -0.4 is 15.5 Å². The summed E-state index contributed by atoms with van der Waals surface area (Å²) in [7, 11) is 0. The Kier molecular flexibility index (Phi) is 8.70. The van der Waals surface area contributed by atoms with Gasteiger partial charge in [0.1, 0.15) is 17.9 Å². The van der Waals surface area contributed by atoms with Crippen molar-refractivity contribution < 1.29 is 19.1 Å². The molecule has 0 unspecified atom stereocenters. The van der Waals surface area contributed by atoms with Crippen molar-refractivity contribution in [3.63, 3.8) is 0 Å². The zero-order chi connectivity index (χ0) is 20.9. The van der Waals surface area contributed by atoms with Crippen LogP contribution in [0.2, 0.25) is 0 Å². The molecule has 8 nitrogen and oxygen atoms in total. The summed E-state index contributed by atoms with van der Waals surface area (Å²) in [5.41, 5.74) is 4.05. The van der Waals surface area contributed by atoms with E-state index in [4.69, 9.17) is 14.7 Å². The van der Waals surface area contributed by atoms with Crippen molar-refractivity contribution in [3.8, 4) is 11.8 Å². The van der Waals surface area contributed by atoms with Gasteiger partial charge in [-0.3, -0.25) is 4.79 Å². The second-order valence-corrected chi connectivity index (χ2v) is 5.86. The van der Waals surface area contributed by atoms with Crippen molar-refractivity contribution in [2.45, 2.75) is 19.4 Å². The number of nitriles is 1. The highest BCUT2D eigenvalue weighted by atomic mass is 16.5. The van der Waals surface area contributed by atoms with Crippen LogP contribution in [0, 0.1) is 11.3 Å². The van der Waals surface area contributed by atoms with Crippen molar-refractivity contribution in [2.24, 2.45) is 5.10 Å². The zero-order valence-electron chi connectivity index (χ0n) is 16.0. The van der Waals surface area contributed by atoms with Crippen LogP contribution in [-0.2, 0) is 16.0 Å². The molecular formula is C21H22N4O4. The maximum absolute atomic E-state index is 12.5. The number of rotatable bonds is 9. The number of hydrazone groups is 1. The topological polar surface area (TPSA) is 113 Å². The van der Waals surface area contributed by atoms with Crippen LogP contribution in [0.15, 0.2) is 59.7 Å². The Morgan fingerprint density at radius 1 is 1.17 bits per heavy atom. The van der Waals surface area contributed by atoms with Crippen LogP contribution in [0.3, 0.4) is 0 Å². The molecule has 2 aromatic carbocycles. The van der Waals surface area contributed by atoms with E-state index >= 15 is 0 Å². The second kappa shape index (κ2) is 11.8. The fourth-order valence-corrected chi connectivity index (χ4v) is 2.39. The van der Waals surface area contributed by atoms with Gasteiger partial charge in [0.25, 0.3) is 5.91 Å². The van der Waals surface area contributed by atoms with Gasteiger partial charge in [-0.15, -0.1) is 0 Å². The summed E-state index contributed by atoms with van der Waals surface area (Å²) in [6.45, 7) is 1.87. The lowest BCUT2D eigenvalue weighted by molar-refractivity contribution is -0.123. The summed E-state index contributed by atoms with van der Waals surface area (Å²) in [5, 5.41) is 15.0. The molecule has 2 aromatic rings. The molecular weight excluding hydrogens is 372 g/mol. The van der Waals surface area contributed by atoms with Crippen LogP contribution in [-0.4, -0.2) is 37.5 Å². The van der Waals surface area contributed by atoms with E-state index in [1.54, 1.807) is 31.2 Å². The van der Waals surface area contributed by atoms with E-state index in [0.29, 0.717) is 12.2 Å². The molecule has 29 heavy (non-hydrogen) atoms. The van der Waals surface area contributed by atoms with Gasteiger partial charge in [0.05, 0.1) is 12.8 Å². The summed E-state index contributed by atoms with van der Waals surface area (Å²) < 4.78 is 10.0. The van der Waals surface area contributed by atoms with Gasteiger partial charge in [-0.1, -0.05) is 30.3 Å². The minimum atomic E-state index is -0.838. The van der Waals surface area contributed by atoms with Crippen molar-refractivity contribution in [1.82, 2.24) is 10.7 Å². The minimum Gasteiger partial charge on any atom is -0.479 e. The average molecular weight is 394 g/mol. The molecule has 0 aliphatic carbocycles. The van der Waals surface area contributed by atoms with Gasteiger partial charge in [-0.25, -0.2) is 10.2 Å². The fourth-order valence-electron chi connectivity index (χ4n) is 2.39. The van der Waals surface area contributed by atoms with E-state index in [1.165, 1.54) is 6.21 Å². The van der Waals surface area contributed by atoms with Gasteiger partial charge in [0.2, 0.25) is 0 Å². The molecule has 0 fully saturated rings. The van der Waals surface area contributed by atoms with Crippen molar-refractivity contribution >= 4 is 18.2 Å². The number of alkyl carbamates (subject to hydrolysis) is 1. The Hall–Kier alpha value is -3.86. The van der Waals surface area contributed by atoms with Crippen LogP contribution in [0.25, 0.3) is 0 Å². The first-order valence-corrected chi connectivity index (χ1v) is 9.02. The molecule has 0 aliphatic rings. The molecule has 0 radical (unpaired) electrons. The largest absolute Gasteiger partial charge is 0.479 e. The Morgan fingerprint density at radius 2 is 1.90 bits per heavy atom. The first kappa shape index (κ1) is 21.4. The fraction of sp³-hybridized carbons (Fsp3) is 0.238. The van der Waals surface area contributed by atoms with Gasteiger partial charge in [-0.05, 0) is 42.3 Å². The lowest BCUT2D eigenvalue weighted by Crippen LogP contribution is -2.47. The number of nitrogens with zero attached hydrogens (tertiary/aromatic N) is 2. The Morgan fingerprint density at radius 3 is 2.55 bits per heavy atom. The molecule has 0 saturated carbocycles. The number of hydrogen-bond donors (Lipinski definition) is 2. The SMILES string of the molecule is CCOC(=O)N[C@@H](Cc1ccccc1)C(=O)N/N=C\c1ccc(OCC#N)cc1. The standard InChI is InChI=1S/C21H22N4O4/c1-2-28-21(27)24-19(14-16-6-4-3-5-7-16)20(26)25-23-15-17-8-10-18(11-9-17)29-13-12-22/h3-11,15,19H,2,13-14H2,1H3,(H,24,27)(H,25,26)/b23-15-/t19-/m0/s1. The summed E-state index contributed by atoms with van der Waals surface area (Å²) in [6, 6.07) is 17.2. The molecule has 2 rings (SSSR count). The molecule has 2 amide bonds. The lowest BCUT2D eigenvalue weighted by Gasteiger charge is -2.16. The third-order valence-electron chi connectivity index (χ3n) is 3.74. The summed E-state index contributed by atoms with van der Waals surface area (Å²) in [5.74, 6) is 0.0985. The molecule has 0 bridgehead atoms. The molecule has 150 valence electrons. The predicted molar refractivity (Wildman–Crippen MR) is 107 cm³/mol. The third kappa shape index (κ3) is 7.72. The number of amides is 2. The smallest absolute Gasteiger partial charge is 0.407 e. The maximum atomic E-state index is 12.5. The summed E-state index contributed by atoms with van der Waals surface area (Å²) in [4.78, 5) is 24.3. The third-order valence-corrected chi connectivity index (χ3v) is 3.74. The van der Waals surface area contributed by atoms with Crippen LogP contribution in [0.5, 0.6) is 5.75 Å². The molecule has 1 atom stereocenters. The van der Waals surface area contributed by atoms with Gasteiger partial charge in [0, 0.05) is 6.42 Å². The zero-order valence-corrected chi connectivity index (χ0v) is 16.0. The average Bonchev–Trinajstić information content (AvgIpc) is 2.73. The first-order chi connectivity index (χ1) is 14.1. The molecule has 2 N–H and O–H groups in total. The van der Waals surface area contributed by atoms with Crippen molar-refractivity contribution in [3.05, 3.63) is 65.7 Å². The van der Waals surface area contributed by atoms with Gasteiger partial charge >= 0.3 is 6.09 Å². The number of carbonyl (C=O) groups excluding carboxylic acids is 2. The Labute approximate surface area is 169 Å². The number of nitrogens with one attached hydrogen (secondary N) is 2. The van der Waals surface area contributed by atoms with Gasteiger partial charge in [0.15, 0.2) is 6.61 Å². The quantitative estimate of drug-likeness (QED) is 0.501. The number of benzene rings is 2. The van der Waals surface area contributed by atoms with E-state index in [-0.39, 0.29) is 13.2 Å². The van der Waals surface area contributed by atoms with Crippen molar-refractivity contribution in [2.75, 3.05) is 13.2 Å². The molecule has 0 aromatic heterocycles. The van der Waals surface area contributed by atoms with Gasteiger partial charge in [-0.2, -0.15) is 10.4 Å². The molecule has 0 saturated heterocycles. The number of hydrogen-bond acceptors (Lipinski definition) is 6. The molecule has 0 heterocycles. The van der Waals surface area contributed by atoms with E-state index in [9.17, 15) is 9.59 Å². The maximum Gasteiger partial charge on any atom is 0.407 e. The van der Waals surface area contributed by atoms with Crippen LogP contribution >= 0.6 is 0 Å². The van der Waals surface area contributed by atoms with E-state index in [2.05, 4.69) is 15.8 Å². The predicted octanol–water partition coefficient (Wildman–Crippen LogP) is 2.40. The molecule has 8 heteroatoms. The Balaban J connectivity index is 1.97. The molecule has 0 aliphatic heterocycles. The van der Waals surface area contributed by atoms with E-state index in [0.717, 1.165) is 11.1 Å². The van der Waals surface area contributed by atoms with E-state index in [1.807, 2.05) is 36.4 Å². The van der Waals surface area contributed by atoms with Crippen LogP contribution in [0.4, 0.5) is 4.79 Å². The van der Waals surface area contributed by atoms with Gasteiger partial charge < -0.3 is 14.8 Å². The second-order valence-electron chi connectivity index (χ2n) is 5.86. The highest BCUT2D eigenvalue weighted by Gasteiger charge is 2.21. The minimum absolute atomic E-state index is 0.0280. The number of ether oxygens (including phenoxy) is 2. The van der Waals surface area contributed by atoms with Crippen LogP contribution in [0.1, 0.15) is 18.1 Å².